The molecule has 7 heteroatoms. The molecule has 116 valence electrons. The van der Waals surface area contributed by atoms with Crippen LogP contribution in [-0.2, 0) is 4.79 Å². The molecule has 0 fully saturated rings. The van der Waals surface area contributed by atoms with Gasteiger partial charge in [-0.05, 0) is 12.5 Å². The molecular weight excluding hydrogens is 301 g/mol. The molecular formula is C14H17F3N2OS. The second-order valence-electron chi connectivity index (χ2n) is 4.81. The number of hydrogen-bond acceptors (Lipinski definition) is 2. The minimum atomic E-state index is -4.93. The Labute approximate surface area is 127 Å². The van der Waals surface area contributed by atoms with Gasteiger partial charge in [-0.3, -0.25) is 4.79 Å². The fourth-order valence-electron chi connectivity index (χ4n) is 1.75. The number of carbonyl (C=O) groups excluding carboxylic acids is 1. The zero-order chi connectivity index (χ0) is 16.2. The van der Waals surface area contributed by atoms with E-state index in [1.165, 1.54) is 4.90 Å². The van der Waals surface area contributed by atoms with Crippen molar-refractivity contribution in [1.29, 1.82) is 0 Å². The van der Waals surface area contributed by atoms with Gasteiger partial charge in [0.2, 0.25) is 0 Å². The van der Waals surface area contributed by atoms with E-state index in [1.807, 2.05) is 0 Å². The number of hydrogen-bond donors (Lipinski definition) is 0. The largest absolute Gasteiger partial charge is 0.471 e. The van der Waals surface area contributed by atoms with Crippen molar-refractivity contribution in [3.05, 3.63) is 35.9 Å². The SMILES string of the molecule is C[C@@H](c1ccccc1)N(CC(=S)N(C)C)C(=O)C(F)(F)F. The maximum Gasteiger partial charge on any atom is 0.471 e. The molecule has 0 saturated heterocycles. The molecule has 0 aliphatic carbocycles. The predicted molar refractivity (Wildman–Crippen MR) is 78.9 cm³/mol. The van der Waals surface area contributed by atoms with Crippen LogP contribution in [0.1, 0.15) is 18.5 Å². The third kappa shape index (κ3) is 4.70. The molecule has 0 spiro atoms. The van der Waals surface area contributed by atoms with Crippen LogP contribution in [0, 0.1) is 0 Å². The van der Waals surface area contributed by atoms with Crippen LogP contribution < -0.4 is 0 Å². The highest BCUT2D eigenvalue weighted by Gasteiger charge is 2.44. The Bertz CT molecular complexity index is 503. The second-order valence-corrected chi connectivity index (χ2v) is 5.28. The number of carbonyl (C=O) groups is 1. The lowest BCUT2D eigenvalue weighted by Gasteiger charge is -2.31. The van der Waals surface area contributed by atoms with Gasteiger partial charge in [-0.1, -0.05) is 42.5 Å². The normalized spacial score (nSPS) is 12.7. The number of rotatable bonds is 4. The molecule has 0 aliphatic rings. The van der Waals surface area contributed by atoms with Gasteiger partial charge in [0, 0.05) is 14.1 Å². The molecule has 0 unspecified atom stereocenters. The molecule has 3 nitrogen and oxygen atoms in total. The molecule has 1 rings (SSSR count). The zero-order valence-corrected chi connectivity index (χ0v) is 12.8. The lowest BCUT2D eigenvalue weighted by atomic mass is 10.1. The van der Waals surface area contributed by atoms with E-state index in [2.05, 4.69) is 0 Å². The first-order valence-electron chi connectivity index (χ1n) is 6.27. The van der Waals surface area contributed by atoms with Crippen molar-refractivity contribution >= 4 is 23.1 Å². The van der Waals surface area contributed by atoms with Gasteiger partial charge >= 0.3 is 12.1 Å². The van der Waals surface area contributed by atoms with Crippen LogP contribution in [-0.4, -0.2) is 47.5 Å². The maximum atomic E-state index is 12.8. The summed E-state index contributed by atoms with van der Waals surface area (Å²) >= 11 is 5.03. The van der Waals surface area contributed by atoms with Gasteiger partial charge in [0.25, 0.3) is 0 Å². The van der Waals surface area contributed by atoms with Gasteiger partial charge in [0.1, 0.15) is 0 Å². The summed E-state index contributed by atoms with van der Waals surface area (Å²) in [7, 11) is 3.26. The van der Waals surface area contributed by atoms with Crippen LogP contribution in [0.5, 0.6) is 0 Å². The third-order valence-corrected chi connectivity index (χ3v) is 3.55. The predicted octanol–water partition coefficient (Wildman–Crippen LogP) is 3.03. The smallest absolute Gasteiger partial charge is 0.371 e. The molecule has 0 aliphatic heterocycles. The van der Waals surface area contributed by atoms with Crippen LogP contribution in [0.3, 0.4) is 0 Å². The van der Waals surface area contributed by atoms with Crippen molar-refractivity contribution in [3.63, 3.8) is 0 Å². The van der Waals surface area contributed by atoms with E-state index >= 15 is 0 Å². The first-order chi connectivity index (χ1) is 9.64. The fourth-order valence-corrected chi connectivity index (χ4v) is 1.89. The lowest BCUT2D eigenvalue weighted by molar-refractivity contribution is -0.186. The number of amides is 1. The van der Waals surface area contributed by atoms with Crippen LogP contribution in [0.15, 0.2) is 30.3 Å². The Morgan fingerprint density at radius 3 is 2.19 bits per heavy atom. The highest BCUT2D eigenvalue weighted by atomic mass is 32.1. The summed E-state index contributed by atoms with van der Waals surface area (Å²) < 4.78 is 38.3. The molecule has 21 heavy (non-hydrogen) atoms. The molecule has 0 heterocycles. The van der Waals surface area contributed by atoms with Crippen LogP contribution in [0.4, 0.5) is 13.2 Å². The average Bonchev–Trinajstić information content (AvgIpc) is 2.42. The molecule has 0 N–H and O–H groups in total. The van der Waals surface area contributed by atoms with Gasteiger partial charge in [0.15, 0.2) is 0 Å². The molecule has 0 bridgehead atoms. The molecule has 1 amide bonds. The quantitative estimate of drug-likeness (QED) is 0.797. The maximum absolute atomic E-state index is 12.8. The van der Waals surface area contributed by atoms with E-state index in [0.717, 1.165) is 4.90 Å². The highest BCUT2D eigenvalue weighted by molar-refractivity contribution is 7.80. The minimum absolute atomic E-state index is 0.253. The van der Waals surface area contributed by atoms with Gasteiger partial charge in [-0.25, -0.2) is 0 Å². The Morgan fingerprint density at radius 1 is 1.24 bits per heavy atom. The standard InChI is InChI=1S/C14H17F3N2OS/c1-10(11-7-5-4-6-8-11)19(9-12(21)18(2)3)13(20)14(15,16)17/h4-8,10H,9H2,1-3H3/t10-/m0/s1. The summed E-state index contributed by atoms with van der Waals surface area (Å²) in [5.41, 5.74) is 0.622. The number of nitrogens with zero attached hydrogens (tertiary/aromatic N) is 2. The van der Waals surface area contributed by atoms with Crippen molar-refractivity contribution in [2.24, 2.45) is 0 Å². The van der Waals surface area contributed by atoms with Crippen LogP contribution in [0.25, 0.3) is 0 Å². The van der Waals surface area contributed by atoms with E-state index < -0.39 is 18.1 Å². The summed E-state index contributed by atoms with van der Waals surface area (Å²) in [4.78, 5) is 14.2. The first kappa shape index (κ1) is 17.4. The highest BCUT2D eigenvalue weighted by Crippen LogP contribution is 2.26. The Balaban J connectivity index is 3.07. The van der Waals surface area contributed by atoms with Crippen molar-refractivity contribution in [2.45, 2.75) is 19.1 Å². The van der Waals surface area contributed by atoms with Crippen LogP contribution >= 0.6 is 12.2 Å². The van der Waals surface area contributed by atoms with Gasteiger partial charge in [-0.2, -0.15) is 13.2 Å². The Morgan fingerprint density at radius 2 is 1.76 bits per heavy atom. The van der Waals surface area contributed by atoms with Gasteiger partial charge < -0.3 is 9.80 Å². The second kappa shape index (κ2) is 6.89. The molecule has 0 radical (unpaired) electrons. The number of alkyl halides is 3. The summed E-state index contributed by atoms with van der Waals surface area (Å²) in [5, 5.41) is 0. The van der Waals surface area contributed by atoms with E-state index in [1.54, 1.807) is 51.4 Å². The monoisotopic (exact) mass is 318 g/mol. The van der Waals surface area contributed by atoms with E-state index in [9.17, 15) is 18.0 Å². The summed E-state index contributed by atoms with van der Waals surface area (Å²) in [6, 6.07) is 7.83. The van der Waals surface area contributed by atoms with Gasteiger partial charge in [-0.15, -0.1) is 0 Å². The van der Waals surface area contributed by atoms with Crippen molar-refractivity contribution < 1.29 is 18.0 Å². The first-order valence-corrected chi connectivity index (χ1v) is 6.68. The van der Waals surface area contributed by atoms with Crippen molar-refractivity contribution in [3.8, 4) is 0 Å². The average molecular weight is 318 g/mol. The summed E-state index contributed by atoms with van der Waals surface area (Å²) in [5.74, 6) is -1.89. The molecule has 0 saturated carbocycles. The summed E-state index contributed by atoms with van der Waals surface area (Å²) in [6.07, 6.45) is -4.93. The molecule has 1 atom stereocenters. The van der Waals surface area contributed by atoms with Gasteiger partial charge in [0.05, 0.1) is 17.6 Å². The zero-order valence-electron chi connectivity index (χ0n) is 12.0. The minimum Gasteiger partial charge on any atom is -0.371 e. The van der Waals surface area contributed by atoms with E-state index in [-0.39, 0.29) is 11.5 Å². The number of likely N-dealkylation sites (N-methyl/N-ethyl adjacent to an activating group) is 1. The summed E-state index contributed by atoms with van der Waals surface area (Å²) in [6.45, 7) is 1.30. The van der Waals surface area contributed by atoms with E-state index in [0.29, 0.717) is 5.56 Å². The van der Waals surface area contributed by atoms with Crippen LogP contribution in [0.2, 0.25) is 0 Å². The lowest BCUT2D eigenvalue weighted by Crippen LogP contribution is -2.46. The van der Waals surface area contributed by atoms with E-state index in [4.69, 9.17) is 12.2 Å². The number of benzene rings is 1. The van der Waals surface area contributed by atoms with Crippen molar-refractivity contribution in [1.82, 2.24) is 9.80 Å². The van der Waals surface area contributed by atoms with Crippen molar-refractivity contribution in [2.75, 3.05) is 20.6 Å². The molecule has 0 aromatic heterocycles. The number of halogens is 3. The topological polar surface area (TPSA) is 23.6 Å². The Kier molecular flexibility index (Phi) is 5.71. The fraction of sp³-hybridized carbons (Fsp3) is 0.429. The molecule has 1 aromatic carbocycles. The Hall–Kier alpha value is -1.63. The third-order valence-electron chi connectivity index (χ3n) is 3.06. The number of thiocarbonyl (C=S) groups is 1. The molecule has 1 aromatic rings.